The molecule has 0 aromatic rings. The average Bonchev–Trinajstić information content (AvgIpc) is 2.68. The van der Waals surface area contributed by atoms with Crippen molar-refractivity contribution in [2.24, 2.45) is 5.92 Å². The monoisotopic (exact) mass is 229 g/mol. The molecular weight excluding hydrogens is 210 g/mol. The second-order valence-corrected chi connectivity index (χ2v) is 4.38. The highest BCUT2D eigenvalue weighted by Crippen LogP contribution is 2.26. The van der Waals surface area contributed by atoms with Gasteiger partial charge in [-0.25, -0.2) is 0 Å². The number of carbonyl (C=O) groups is 2. The maximum Gasteiger partial charge on any atom is 0.321 e. The lowest BCUT2D eigenvalue weighted by Gasteiger charge is -2.14. The SMILES string of the molecule is O=C(O)CC(NCCC1CCCC1)C(=O)O. The summed E-state index contributed by atoms with van der Waals surface area (Å²) in [6, 6.07) is -0.959. The molecule has 1 rings (SSSR count). The Morgan fingerprint density at radius 3 is 2.38 bits per heavy atom. The molecule has 0 radical (unpaired) electrons. The van der Waals surface area contributed by atoms with Crippen LogP contribution in [0.1, 0.15) is 38.5 Å². The molecule has 0 aliphatic heterocycles. The minimum absolute atomic E-state index is 0.361. The van der Waals surface area contributed by atoms with Gasteiger partial charge in [0, 0.05) is 0 Å². The second-order valence-electron chi connectivity index (χ2n) is 4.38. The summed E-state index contributed by atoms with van der Waals surface area (Å²) in [6.45, 7) is 0.592. The molecule has 0 saturated heterocycles. The van der Waals surface area contributed by atoms with Crippen molar-refractivity contribution in [3.05, 3.63) is 0 Å². The number of carboxylic acid groups (broad SMARTS) is 2. The summed E-state index contributed by atoms with van der Waals surface area (Å²) in [4.78, 5) is 21.2. The molecule has 1 unspecified atom stereocenters. The van der Waals surface area contributed by atoms with Crippen LogP contribution in [0, 0.1) is 5.92 Å². The fourth-order valence-electron chi connectivity index (χ4n) is 2.18. The summed E-state index contributed by atoms with van der Waals surface area (Å²) in [5.74, 6) is -1.48. The highest BCUT2D eigenvalue weighted by Gasteiger charge is 2.21. The molecule has 3 N–H and O–H groups in total. The van der Waals surface area contributed by atoms with E-state index in [0.29, 0.717) is 12.5 Å². The van der Waals surface area contributed by atoms with Crippen molar-refractivity contribution in [3.8, 4) is 0 Å². The normalized spacial score (nSPS) is 18.5. The minimum atomic E-state index is -1.09. The van der Waals surface area contributed by atoms with Gasteiger partial charge in [0.05, 0.1) is 6.42 Å². The number of hydrogen-bond acceptors (Lipinski definition) is 3. The maximum atomic E-state index is 10.7. The van der Waals surface area contributed by atoms with Crippen molar-refractivity contribution in [1.82, 2.24) is 5.32 Å². The lowest BCUT2D eigenvalue weighted by molar-refractivity contribution is -0.145. The number of carboxylic acids is 2. The van der Waals surface area contributed by atoms with Crippen LogP contribution in [0.5, 0.6) is 0 Å². The van der Waals surface area contributed by atoms with E-state index in [4.69, 9.17) is 10.2 Å². The summed E-state index contributed by atoms with van der Waals surface area (Å²) in [5, 5.41) is 20.1. The summed E-state index contributed by atoms with van der Waals surface area (Å²) < 4.78 is 0. The second kappa shape index (κ2) is 6.48. The first kappa shape index (κ1) is 13.0. The first-order valence-corrected chi connectivity index (χ1v) is 5.77. The van der Waals surface area contributed by atoms with Crippen LogP contribution in [-0.2, 0) is 9.59 Å². The number of hydrogen-bond donors (Lipinski definition) is 3. The van der Waals surface area contributed by atoms with Crippen LogP contribution in [0.25, 0.3) is 0 Å². The summed E-state index contributed by atoms with van der Waals surface area (Å²) in [7, 11) is 0. The Morgan fingerprint density at radius 2 is 1.88 bits per heavy atom. The lowest BCUT2D eigenvalue weighted by Crippen LogP contribution is -2.39. The fraction of sp³-hybridized carbons (Fsp3) is 0.818. The van der Waals surface area contributed by atoms with Gasteiger partial charge in [-0.1, -0.05) is 25.7 Å². The van der Waals surface area contributed by atoms with Gasteiger partial charge in [-0.3, -0.25) is 9.59 Å². The first-order chi connectivity index (χ1) is 7.59. The summed E-state index contributed by atoms with van der Waals surface area (Å²) >= 11 is 0. The van der Waals surface area contributed by atoms with E-state index in [-0.39, 0.29) is 6.42 Å². The van der Waals surface area contributed by atoms with E-state index in [0.717, 1.165) is 6.42 Å². The third-order valence-corrected chi connectivity index (χ3v) is 3.09. The molecule has 0 bridgehead atoms. The Kier molecular flexibility index (Phi) is 5.25. The van der Waals surface area contributed by atoms with Gasteiger partial charge in [0.2, 0.25) is 0 Å². The molecule has 0 spiro atoms. The van der Waals surface area contributed by atoms with E-state index < -0.39 is 18.0 Å². The zero-order valence-corrected chi connectivity index (χ0v) is 9.32. The maximum absolute atomic E-state index is 10.7. The van der Waals surface area contributed by atoms with Gasteiger partial charge in [0.1, 0.15) is 6.04 Å². The Labute approximate surface area is 94.8 Å². The molecule has 16 heavy (non-hydrogen) atoms. The van der Waals surface area contributed by atoms with Crippen molar-refractivity contribution < 1.29 is 19.8 Å². The molecule has 5 heteroatoms. The smallest absolute Gasteiger partial charge is 0.321 e. The van der Waals surface area contributed by atoms with Gasteiger partial charge in [0.25, 0.3) is 0 Å². The molecule has 1 saturated carbocycles. The highest BCUT2D eigenvalue weighted by atomic mass is 16.4. The summed E-state index contributed by atoms with van der Waals surface area (Å²) in [5.41, 5.74) is 0. The number of rotatable bonds is 7. The van der Waals surface area contributed by atoms with Crippen molar-refractivity contribution in [1.29, 1.82) is 0 Å². The third kappa shape index (κ3) is 4.61. The van der Waals surface area contributed by atoms with Gasteiger partial charge in [0.15, 0.2) is 0 Å². The zero-order chi connectivity index (χ0) is 12.0. The van der Waals surface area contributed by atoms with Gasteiger partial charge >= 0.3 is 11.9 Å². The van der Waals surface area contributed by atoms with Gasteiger partial charge in [-0.05, 0) is 18.9 Å². The van der Waals surface area contributed by atoms with Crippen molar-refractivity contribution >= 4 is 11.9 Å². The van der Waals surface area contributed by atoms with E-state index >= 15 is 0 Å². The van der Waals surface area contributed by atoms with Crippen LogP contribution in [0.4, 0.5) is 0 Å². The molecule has 1 aliphatic carbocycles. The molecule has 1 aliphatic rings. The quantitative estimate of drug-likeness (QED) is 0.608. The largest absolute Gasteiger partial charge is 0.481 e. The minimum Gasteiger partial charge on any atom is -0.481 e. The van der Waals surface area contributed by atoms with Crippen molar-refractivity contribution in [2.45, 2.75) is 44.6 Å². The van der Waals surface area contributed by atoms with Crippen LogP contribution >= 0.6 is 0 Å². The van der Waals surface area contributed by atoms with Crippen molar-refractivity contribution in [2.75, 3.05) is 6.54 Å². The Balaban J connectivity index is 2.21. The molecule has 1 atom stereocenters. The van der Waals surface area contributed by atoms with Gasteiger partial charge in [-0.2, -0.15) is 0 Å². The highest BCUT2D eigenvalue weighted by molar-refractivity contribution is 5.80. The van der Waals surface area contributed by atoms with E-state index in [1.54, 1.807) is 0 Å². The molecule has 0 aromatic carbocycles. The van der Waals surface area contributed by atoms with Crippen LogP contribution in [0.2, 0.25) is 0 Å². The van der Waals surface area contributed by atoms with Crippen LogP contribution < -0.4 is 5.32 Å². The van der Waals surface area contributed by atoms with Gasteiger partial charge in [-0.15, -0.1) is 0 Å². The zero-order valence-electron chi connectivity index (χ0n) is 9.32. The number of nitrogens with one attached hydrogen (secondary N) is 1. The third-order valence-electron chi connectivity index (χ3n) is 3.09. The Morgan fingerprint density at radius 1 is 1.25 bits per heavy atom. The van der Waals surface area contributed by atoms with Gasteiger partial charge < -0.3 is 15.5 Å². The predicted molar refractivity (Wildman–Crippen MR) is 58.3 cm³/mol. The van der Waals surface area contributed by atoms with E-state index in [1.807, 2.05) is 0 Å². The average molecular weight is 229 g/mol. The number of aliphatic carboxylic acids is 2. The standard InChI is InChI=1S/C11H19NO4/c13-10(14)7-9(11(15)16)12-6-5-8-3-1-2-4-8/h8-9,12H,1-7H2,(H,13,14)(H,15,16). The summed E-state index contributed by atoms with van der Waals surface area (Å²) in [6.07, 6.45) is 5.56. The van der Waals surface area contributed by atoms with Crippen LogP contribution in [0.3, 0.4) is 0 Å². The molecule has 0 heterocycles. The fourth-order valence-corrected chi connectivity index (χ4v) is 2.18. The lowest BCUT2D eigenvalue weighted by atomic mass is 10.0. The Hall–Kier alpha value is -1.10. The van der Waals surface area contributed by atoms with Crippen molar-refractivity contribution in [3.63, 3.8) is 0 Å². The molecule has 1 fully saturated rings. The predicted octanol–water partition coefficient (Wildman–Crippen LogP) is 1.08. The van der Waals surface area contributed by atoms with Crippen LogP contribution in [-0.4, -0.2) is 34.7 Å². The molecule has 0 amide bonds. The molecule has 92 valence electrons. The molecule has 5 nitrogen and oxygen atoms in total. The molecular formula is C11H19NO4. The molecule has 0 aromatic heterocycles. The Bertz CT molecular complexity index is 248. The van der Waals surface area contributed by atoms with E-state index in [1.165, 1.54) is 25.7 Å². The first-order valence-electron chi connectivity index (χ1n) is 5.77. The topological polar surface area (TPSA) is 86.6 Å². The van der Waals surface area contributed by atoms with E-state index in [2.05, 4.69) is 5.32 Å². The van der Waals surface area contributed by atoms with E-state index in [9.17, 15) is 9.59 Å². The van der Waals surface area contributed by atoms with Crippen LogP contribution in [0.15, 0.2) is 0 Å².